The van der Waals surface area contributed by atoms with E-state index in [1.807, 2.05) is 62.4 Å². The van der Waals surface area contributed by atoms with E-state index < -0.39 is 11.2 Å². The van der Waals surface area contributed by atoms with Crippen LogP contribution in [-0.2, 0) is 4.65 Å². The highest BCUT2D eigenvalue weighted by molar-refractivity contribution is 6.47. The molecule has 0 aliphatic rings. The molecular formula is C35H29BNO4. The van der Waals surface area contributed by atoms with Crippen molar-refractivity contribution in [3.8, 4) is 22.6 Å². The minimum atomic E-state index is -0.995. The maximum Gasteiger partial charge on any atom is 0.330 e. The summed E-state index contributed by atoms with van der Waals surface area (Å²) in [7, 11) is 1.70. The lowest BCUT2D eigenvalue weighted by molar-refractivity contribution is -0.0893. The fourth-order valence-electron chi connectivity index (χ4n) is 5.02. The van der Waals surface area contributed by atoms with Crippen LogP contribution < -0.4 is 5.46 Å². The Bertz CT molecular complexity index is 2080. The Kier molecular flexibility index (Phi) is 5.82. The van der Waals surface area contributed by atoms with Gasteiger partial charge in [0, 0.05) is 21.7 Å². The summed E-state index contributed by atoms with van der Waals surface area (Å²) >= 11 is 0. The van der Waals surface area contributed by atoms with Crippen LogP contribution in [0.1, 0.15) is 27.7 Å². The van der Waals surface area contributed by atoms with Crippen molar-refractivity contribution in [2.45, 2.75) is 38.9 Å². The van der Waals surface area contributed by atoms with Gasteiger partial charge in [-0.05, 0) is 80.6 Å². The molecular weight excluding hydrogens is 509 g/mol. The molecule has 2 aromatic heterocycles. The molecule has 2 heterocycles. The topological polar surface area (TPSA) is 68.6 Å². The van der Waals surface area contributed by atoms with Crippen LogP contribution in [-0.4, -0.2) is 28.8 Å². The molecule has 0 atom stereocenters. The zero-order valence-electron chi connectivity index (χ0n) is 23.4. The highest BCUT2D eigenvalue weighted by Crippen LogP contribution is 2.35. The van der Waals surface area contributed by atoms with Gasteiger partial charge in [-0.3, -0.25) is 0 Å². The average molecular weight is 538 g/mol. The molecule has 7 rings (SSSR count). The van der Waals surface area contributed by atoms with E-state index in [1.165, 1.54) is 0 Å². The molecule has 0 unspecified atom stereocenters. The van der Waals surface area contributed by atoms with Gasteiger partial charge >= 0.3 is 7.48 Å². The molecule has 1 radical (unpaired) electrons. The van der Waals surface area contributed by atoms with Crippen LogP contribution in [0.4, 0.5) is 0 Å². The van der Waals surface area contributed by atoms with Gasteiger partial charge in [0.25, 0.3) is 0 Å². The van der Waals surface area contributed by atoms with Gasteiger partial charge in [-0.15, -0.1) is 0 Å². The highest BCUT2D eigenvalue weighted by atomic mass is 16.5. The van der Waals surface area contributed by atoms with Crippen LogP contribution in [0.5, 0.6) is 0 Å². The normalized spacial score (nSPS) is 12.6. The lowest BCUT2D eigenvalue weighted by atomic mass is 9.82. The fraction of sp³-hybridized carbons (Fsp3) is 0.171. The molecule has 5 nitrogen and oxygen atoms in total. The number of aromatic nitrogens is 1. The first-order valence-corrected chi connectivity index (χ1v) is 13.8. The number of benzene rings is 5. The molecule has 1 N–H and O–H groups in total. The number of aliphatic hydroxyl groups is 1. The summed E-state index contributed by atoms with van der Waals surface area (Å²) in [6.45, 7) is 7.24. The van der Waals surface area contributed by atoms with Crippen LogP contribution in [0.3, 0.4) is 0 Å². The van der Waals surface area contributed by atoms with Crippen molar-refractivity contribution in [3.05, 3.63) is 97.1 Å². The van der Waals surface area contributed by atoms with Crippen LogP contribution >= 0.6 is 0 Å². The van der Waals surface area contributed by atoms with Crippen molar-refractivity contribution in [1.29, 1.82) is 0 Å². The molecule has 5 aromatic carbocycles. The standard InChI is InChI=1S/C35H29BNO4/c1-34(2,38)35(3,4)41-36-25-14-17-31-28(20-25)27-19-23(13-16-30(27)39-31)22-9-7-10-24(18-22)33-37-29-15-12-21-8-5-6-11-26(21)32(29)40-33/h5-20,38H,1-4H3. The van der Waals surface area contributed by atoms with E-state index >= 15 is 0 Å². The SMILES string of the molecule is CC(C)(O)C(C)(C)O[B]c1ccc2oc3ccc(-c4cccc(-c5nc6ccc7ccccc7c6o5)c4)cc3c2c1. The van der Waals surface area contributed by atoms with E-state index in [1.54, 1.807) is 21.3 Å². The van der Waals surface area contributed by atoms with Crippen molar-refractivity contribution in [2.75, 3.05) is 0 Å². The van der Waals surface area contributed by atoms with Gasteiger partial charge in [0.15, 0.2) is 5.58 Å². The summed E-state index contributed by atoms with van der Waals surface area (Å²) in [6.07, 6.45) is 0. The maximum absolute atomic E-state index is 10.4. The van der Waals surface area contributed by atoms with Gasteiger partial charge in [0.05, 0.1) is 11.2 Å². The third-order valence-electron chi connectivity index (χ3n) is 8.18. The number of oxazole rings is 1. The number of fused-ring (bicyclic) bond motifs is 6. The molecule has 0 aliphatic carbocycles. The molecule has 41 heavy (non-hydrogen) atoms. The number of nitrogens with zero attached hydrogens (tertiary/aromatic N) is 1. The quantitative estimate of drug-likeness (QED) is 0.217. The summed E-state index contributed by atoms with van der Waals surface area (Å²) in [6, 6.07) is 32.8. The first kappa shape index (κ1) is 25.6. The highest BCUT2D eigenvalue weighted by Gasteiger charge is 2.35. The lowest BCUT2D eigenvalue weighted by Crippen LogP contribution is -2.49. The van der Waals surface area contributed by atoms with E-state index in [4.69, 9.17) is 18.5 Å². The largest absolute Gasteiger partial charge is 0.456 e. The molecule has 0 saturated carbocycles. The summed E-state index contributed by atoms with van der Waals surface area (Å²) in [5.41, 5.74) is 5.48. The second-order valence-corrected chi connectivity index (χ2v) is 11.6. The molecule has 0 fully saturated rings. The zero-order valence-corrected chi connectivity index (χ0v) is 23.4. The number of furan rings is 1. The molecule has 0 aliphatic heterocycles. The van der Waals surface area contributed by atoms with E-state index in [0.717, 1.165) is 66.0 Å². The van der Waals surface area contributed by atoms with E-state index in [2.05, 4.69) is 48.5 Å². The summed E-state index contributed by atoms with van der Waals surface area (Å²) in [4.78, 5) is 4.80. The van der Waals surface area contributed by atoms with Crippen LogP contribution in [0.2, 0.25) is 0 Å². The molecule has 6 heteroatoms. The average Bonchev–Trinajstić information content (AvgIpc) is 3.57. The van der Waals surface area contributed by atoms with Gasteiger partial charge in [0.2, 0.25) is 5.89 Å². The van der Waals surface area contributed by atoms with E-state index in [9.17, 15) is 5.11 Å². The summed E-state index contributed by atoms with van der Waals surface area (Å²) in [5, 5.41) is 14.7. The van der Waals surface area contributed by atoms with Crippen LogP contribution in [0, 0.1) is 0 Å². The van der Waals surface area contributed by atoms with Gasteiger partial charge < -0.3 is 18.6 Å². The van der Waals surface area contributed by atoms with Crippen molar-refractivity contribution in [3.63, 3.8) is 0 Å². The Labute approximate surface area is 238 Å². The minimum absolute atomic E-state index is 0.599. The molecule has 0 saturated heterocycles. The zero-order chi connectivity index (χ0) is 28.4. The second-order valence-electron chi connectivity index (χ2n) is 11.6. The van der Waals surface area contributed by atoms with Crippen molar-refractivity contribution in [2.24, 2.45) is 0 Å². The Balaban J connectivity index is 1.24. The van der Waals surface area contributed by atoms with Crippen molar-refractivity contribution >= 4 is 56.8 Å². The van der Waals surface area contributed by atoms with Gasteiger partial charge in [-0.25, -0.2) is 4.98 Å². The second kappa shape index (κ2) is 9.33. The fourth-order valence-corrected chi connectivity index (χ4v) is 5.02. The third kappa shape index (κ3) is 4.50. The predicted octanol–water partition coefficient (Wildman–Crippen LogP) is 8.03. The number of hydrogen-bond donors (Lipinski definition) is 1. The predicted molar refractivity (Wildman–Crippen MR) is 167 cm³/mol. The minimum Gasteiger partial charge on any atom is -0.456 e. The van der Waals surface area contributed by atoms with E-state index in [-0.39, 0.29) is 0 Å². The summed E-state index contributed by atoms with van der Waals surface area (Å²) in [5.74, 6) is 0.599. The van der Waals surface area contributed by atoms with Gasteiger partial charge in [-0.2, -0.15) is 0 Å². The number of rotatable bonds is 6. The number of hydrogen-bond acceptors (Lipinski definition) is 5. The molecule has 7 aromatic rings. The third-order valence-corrected chi connectivity index (χ3v) is 8.18. The van der Waals surface area contributed by atoms with Crippen molar-refractivity contribution < 1.29 is 18.6 Å². The first-order valence-electron chi connectivity index (χ1n) is 13.8. The van der Waals surface area contributed by atoms with Crippen molar-refractivity contribution in [1.82, 2.24) is 4.98 Å². The Morgan fingerprint density at radius 2 is 1.41 bits per heavy atom. The Hall–Kier alpha value is -4.39. The van der Waals surface area contributed by atoms with E-state index in [0.29, 0.717) is 5.89 Å². The van der Waals surface area contributed by atoms with Crippen LogP contribution in [0.25, 0.3) is 66.4 Å². The van der Waals surface area contributed by atoms with Gasteiger partial charge in [-0.1, -0.05) is 66.1 Å². The van der Waals surface area contributed by atoms with Crippen LogP contribution in [0.15, 0.2) is 106 Å². The summed E-state index contributed by atoms with van der Waals surface area (Å²) < 4.78 is 18.4. The maximum atomic E-state index is 10.4. The monoisotopic (exact) mass is 538 g/mol. The molecule has 201 valence electrons. The Morgan fingerprint density at radius 1 is 0.683 bits per heavy atom. The van der Waals surface area contributed by atoms with Gasteiger partial charge in [0.1, 0.15) is 16.7 Å². The molecule has 0 bridgehead atoms. The molecule has 0 spiro atoms. The first-order chi connectivity index (χ1) is 19.7. The Morgan fingerprint density at radius 3 is 2.24 bits per heavy atom. The molecule has 0 amide bonds. The lowest BCUT2D eigenvalue weighted by Gasteiger charge is -2.37. The smallest absolute Gasteiger partial charge is 0.330 e.